The van der Waals surface area contributed by atoms with Gasteiger partial charge in [0.25, 0.3) is 0 Å². The Morgan fingerprint density at radius 2 is 2.16 bits per heavy atom. The van der Waals surface area contributed by atoms with Crippen molar-refractivity contribution in [2.45, 2.75) is 39.3 Å². The fourth-order valence-corrected chi connectivity index (χ4v) is 1.71. The van der Waals surface area contributed by atoms with E-state index in [2.05, 4.69) is 10.6 Å². The van der Waals surface area contributed by atoms with Crippen LogP contribution in [0.5, 0.6) is 0 Å². The van der Waals surface area contributed by atoms with Crippen LogP contribution >= 0.6 is 11.6 Å². The van der Waals surface area contributed by atoms with Crippen LogP contribution in [0.15, 0.2) is 18.2 Å². The Kier molecular flexibility index (Phi) is 5.65. The SMILES string of the molecule is CCC(C)NC(=O)C(C)Nc1ccc(C#N)cc1Cl. The summed E-state index contributed by atoms with van der Waals surface area (Å²) < 4.78 is 0. The number of nitrogens with one attached hydrogen (secondary N) is 2. The second kappa shape index (κ2) is 7.01. The molecule has 0 bridgehead atoms. The van der Waals surface area contributed by atoms with Crippen LogP contribution in [0.4, 0.5) is 5.69 Å². The Bertz CT molecular complexity index is 496. The van der Waals surface area contributed by atoms with Crippen molar-refractivity contribution in [1.29, 1.82) is 5.26 Å². The lowest BCUT2D eigenvalue weighted by Crippen LogP contribution is -2.41. The van der Waals surface area contributed by atoms with E-state index in [1.807, 2.05) is 19.9 Å². The van der Waals surface area contributed by atoms with E-state index in [4.69, 9.17) is 16.9 Å². The van der Waals surface area contributed by atoms with Gasteiger partial charge in [0.05, 0.1) is 22.3 Å². The monoisotopic (exact) mass is 279 g/mol. The van der Waals surface area contributed by atoms with Crippen LogP contribution in [0, 0.1) is 11.3 Å². The zero-order chi connectivity index (χ0) is 14.4. The highest BCUT2D eigenvalue weighted by Gasteiger charge is 2.15. The lowest BCUT2D eigenvalue weighted by atomic mass is 10.2. The van der Waals surface area contributed by atoms with Gasteiger partial charge in [-0.3, -0.25) is 4.79 Å². The number of nitriles is 1. The second-order valence-corrected chi connectivity index (χ2v) is 4.90. The first-order valence-corrected chi connectivity index (χ1v) is 6.62. The Morgan fingerprint density at radius 1 is 1.47 bits per heavy atom. The molecule has 1 aromatic carbocycles. The summed E-state index contributed by atoms with van der Waals surface area (Å²) in [5, 5.41) is 15.1. The van der Waals surface area contributed by atoms with E-state index in [1.165, 1.54) is 0 Å². The lowest BCUT2D eigenvalue weighted by molar-refractivity contribution is -0.122. The van der Waals surface area contributed by atoms with Crippen LogP contribution in [0.2, 0.25) is 5.02 Å². The first-order chi connectivity index (χ1) is 8.97. The van der Waals surface area contributed by atoms with Crippen LogP contribution in [-0.2, 0) is 4.79 Å². The molecule has 0 radical (unpaired) electrons. The zero-order valence-electron chi connectivity index (χ0n) is 11.3. The van der Waals surface area contributed by atoms with Crippen molar-refractivity contribution in [3.05, 3.63) is 28.8 Å². The number of nitrogens with zero attached hydrogens (tertiary/aromatic N) is 1. The highest BCUT2D eigenvalue weighted by molar-refractivity contribution is 6.33. The van der Waals surface area contributed by atoms with Crippen LogP contribution in [0.3, 0.4) is 0 Å². The highest BCUT2D eigenvalue weighted by Crippen LogP contribution is 2.23. The first kappa shape index (κ1) is 15.3. The van der Waals surface area contributed by atoms with Crippen molar-refractivity contribution in [3.8, 4) is 6.07 Å². The molecule has 102 valence electrons. The molecule has 1 amide bonds. The maximum Gasteiger partial charge on any atom is 0.242 e. The first-order valence-electron chi connectivity index (χ1n) is 6.24. The van der Waals surface area contributed by atoms with Gasteiger partial charge in [-0.05, 0) is 38.5 Å². The van der Waals surface area contributed by atoms with Gasteiger partial charge in [-0.25, -0.2) is 0 Å². The Balaban J connectivity index is 2.69. The van der Waals surface area contributed by atoms with Gasteiger partial charge in [0.15, 0.2) is 0 Å². The topological polar surface area (TPSA) is 64.9 Å². The summed E-state index contributed by atoms with van der Waals surface area (Å²) in [5.41, 5.74) is 1.14. The molecular formula is C14H18ClN3O. The standard InChI is InChI=1S/C14H18ClN3O/c1-4-9(2)17-14(19)10(3)18-13-6-5-11(8-16)7-12(13)15/h5-7,9-10,18H,4H2,1-3H3,(H,17,19). The number of benzene rings is 1. The second-order valence-electron chi connectivity index (χ2n) is 4.49. The van der Waals surface area contributed by atoms with E-state index in [0.717, 1.165) is 6.42 Å². The third kappa shape index (κ3) is 4.46. The van der Waals surface area contributed by atoms with E-state index >= 15 is 0 Å². The van der Waals surface area contributed by atoms with E-state index < -0.39 is 0 Å². The van der Waals surface area contributed by atoms with E-state index in [1.54, 1.807) is 25.1 Å². The van der Waals surface area contributed by atoms with Crippen LogP contribution < -0.4 is 10.6 Å². The predicted molar refractivity (Wildman–Crippen MR) is 77.1 cm³/mol. The average Bonchev–Trinajstić information content (AvgIpc) is 2.40. The lowest BCUT2D eigenvalue weighted by Gasteiger charge is -2.19. The summed E-state index contributed by atoms with van der Waals surface area (Å²) in [4.78, 5) is 11.9. The fraction of sp³-hybridized carbons (Fsp3) is 0.429. The normalized spacial score (nSPS) is 13.2. The molecule has 0 aliphatic heterocycles. The van der Waals surface area contributed by atoms with Crippen LogP contribution in [-0.4, -0.2) is 18.0 Å². The molecule has 0 fully saturated rings. The molecule has 0 aromatic heterocycles. The van der Waals surface area contributed by atoms with Gasteiger partial charge in [-0.1, -0.05) is 18.5 Å². The molecule has 1 rings (SSSR count). The molecule has 2 atom stereocenters. The van der Waals surface area contributed by atoms with E-state index in [0.29, 0.717) is 16.3 Å². The van der Waals surface area contributed by atoms with E-state index in [-0.39, 0.29) is 18.0 Å². The molecule has 0 heterocycles. The maximum atomic E-state index is 11.9. The molecule has 4 nitrogen and oxygen atoms in total. The van der Waals surface area contributed by atoms with Gasteiger partial charge in [-0.15, -0.1) is 0 Å². The summed E-state index contributed by atoms with van der Waals surface area (Å²) in [6.07, 6.45) is 0.885. The molecule has 0 aliphatic rings. The molecule has 0 spiro atoms. The van der Waals surface area contributed by atoms with Gasteiger partial charge < -0.3 is 10.6 Å². The minimum absolute atomic E-state index is 0.0743. The number of hydrogen-bond donors (Lipinski definition) is 2. The van der Waals surface area contributed by atoms with E-state index in [9.17, 15) is 4.79 Å². The summed E-state index contributed by atoms with van der Waals surface area (Å²) >= 11 is 6.04. The van der Waals surface area contributed by atoms with Crippen molar-refractivity contribution in [2.24, 2.45) is 0 Å². The smallest absolute Gasteiger partial charge is 0.242 e. The van der Waals surface area contributed by atoms with Gasteiger partial charge in [0, 0.05) is 6.04 Å². The highest BCUT2D eigenvalue weighted by atomic mass is 35.5. The number of carbonyl (C=O) groups is 1. The third-order valence-electron chi connectivity index (χ3n) is 2.86. The summed E-state index contributed by atoms with van der Waals surface area (Å²) in [5.74, 6) is -0.0743. The maximum absolute atomic E-state index is 11.9. The molecule has 0 aliphatic carbocycles. The zero-order valence-corrected chi connectivity index (χ0v) is 12.1. The van der Waals surface area contributed by atoms with Crippen LogP contribution in [0.1, 0.15) is 32.8 Å². The quantitative estimate of drug-likeness (QED) is 0.871. The summed E-state index contributed by atoms with van der Waals surface area (Å²) in [6, 6.07) is 6.71. The molecule has 2 N–H and O–H groups in total. The van der Waals surface area contributed by atoms with Gasteiger partial charge in [-0.2, -0.15) is 5.26 Å². The molecule has 19 heavy (non-hydrogen) atoms. The number of anilines is 1. The summed E-state index contributed by atoms with van der Waals surface area (Å²) in [6.45, 7) is 5.74. The Labute approximate surface area is 118 Å². The van der Waals surface area contributed by atoms with Gasteiger partial charge >= 0.3 is 0 Å². The van der Waals surface area contributed by atoms with Crippen molar-refractivity contribution >= 4 is 23.2 Å². The van der Waals surface area contributed by atoms with Crippen molar-refractivity contribution in [1.82, 2.24) is 5.32 Å². The number of amides is 1. The average molecular weight is 280 g/mol. The third-order valence-corrected chi connectivity index (χ3v) is 3.18. The molecule has 2 unspecified atom stereocenters. The van der Waals surface area contributed by atoms with Gasteiger partial charge in [0.2, 0.25) is 5.91 Å². The van der Waals surface area contributed by atoms with Crippen LogP contribution in [0.25, 0.3) is 0 Å². The fourth-order valence-electron chi connectivity index (χ4n) is 1.47. The number of carbonyl (C=O) groups excluding carboxylic acids is 1. The molecule has 0 saturated heterocycles. The number of halogens is 1. The largest absolute Gasteiger partial charge is 0.373 e. The molecule has 5 heteroatoms. The van der Waals surface area contributed by atoms with Crippen molar-refractivity contribution in [2.75, 3.05) is 5.32 Å². The molecule has 1 aromatic rings. The summed E-state index contributed by atoms with van der Waals surface area (Å²) in [7, 11) is 0. The Hall–Kier alpha value is -1.73. The predicted octanol–water partition coefficient (Wildman–Crippen LogP) is 2.93. The van der Waals surface area contributed by atoms with Crippen molar-refractivity contribution in [3.63, 3.8) is 0 Å². The minimum Gasteiger partial charge on any atom is -0.373 e. The molecule has 0 saturated carbocycles. The number of rotatable bonds is 5. The van der Waals surface area contributed by atoms with Crippen molar-refractivity contribution < 1.29 is 4.79 Å². The molecular weight excluding hydrogens is 262 g/mol. The van der Waals surface area contributed by atoms with Gasteiger partial charge in [0.1, 0.15) is 6.04 Å². The number of hydrogen-bond acceptors (Lipinski definition) is 3. The Morgan fingerprint density at radius 3 is 2.68 bits per heavy atom. The minimum atomic E-state index is -0.389.